The number of fused-ring (bicyclic) bond motifs is 1. The van der Waals surface area contributed by atoms with Gasteiger partial charge in [0.15, 0.2) is 0 Å². The van der Waals surface area contributed by atoms with Crippen molar-refractivity contribution in [2.75, 3.05) is 5.32 Å². The molecule has 1 N–H and O–H groups in total. The Labute approximate surface area is 211 Å². The highest BCUT2D eigenvalue weighted by Crippen LogP contribution is 2.35. The summed E-state index contributed by atoms with van der Waals surface area (Å²) in [6.45, 7) is 9.61. The molecule has 3 heterocycles. The van der Waals surface area contributed by atoms with E-state index < -0.39 is 0 Å². The highest BCUT2D eigenvalue weighted by atomic mass is 32.1. The monoisotopic (exact) mass is 499 g/mol. The molecule has 0 bridgehead atoms. The highest BCUT2D eigenvalue weighted by molar-refractivity contribution is 7.22. The number of carbonyl (C=O) groups excluding carboxylic acids is 1. The Morgan fingerprint density at radius 2 is 1.81 bits per heavy atom. The number of nitrogens with zero attached hydrogens (tertiary/aromatic N) is 4. The summed E-state index contributed by atoms with van der Waals surface area (Å²) in [5.74, 6) is 0.524. The van der Waals surface area contributed by atoms with Gasteiger partial charge >= 0.3 is 0 Å². The van der Waals surface area contributed by atoms with E-state index in [1.54, 1.807) is 0 Å². The number of aryl methyl sites for hydroxylation is 5. The van der Waals surface area contributed by atoms with Crippen molar-refractivity contribution in [1.29, 1.82) is 0 Å². The smallest absolute Gasteiger partial charge is 0.268 e. The first kappa shape index (κ1) is 23.6. The second kappa shape index (κ2) is 9.16. The zero-order valence-corrected chi connectivity index (χ0v) is 21.5. The fraction of sp³-hybridized carbons (Fsp3) is 0.222. The third-order valence-electron chi connectivity index (χ3n) is 6.07. The van der Waals surface area contributed by atoms with Crippen molar-refractivity contribution in [3.8, 4) is 22.2 Å². The Balaban J connectivity index is 1.44. The van der Waals surface area contributed by atoms with Crippen LogP contribution in [-0.4, -0.2) is 25.6 Å². The predicted molar refractivity (Wildman–Crippen MR) is 141 cm³/mol. The summed E-state index contributed by atoms with van der Waals surface area (Å²) in [6, 6.07) is 11.9. The van der Waals surface area contributed by atoms with E-state index in [2.05, 4.69) is 20.4 Å². The number of benzene rings is 2. The highest BCUT2D eigenvalue weighted by Gasteiger charge is 2.21. The SMILES string of the molecule is Cc1cccc(-c2noc(-c3sc4ncn(CC(=O)Nc5c(C)cc(C)cc5C)c(=O)c4c3C)n2)c1. The van der Waals surface area contributed by atoms with Gasteiger partial charge in [-0.25, -0.2) is 4.98 Å². The van der Waals surface area contributed by atoms with E-state index in [0.717, 1.165) is 33.5 Å². The second-order valence-corrected chi connectivity index (χ2v) is 10.0. The average molecular weight is 500 g/mol. The predicted octanol–water partition coefficient (Wildman–Crippen LogP) is 5.36. The number of nitrogens with one attached hydrogen (secondary N) is 1. The van der Waals surface area contributed by atoms with Gasteiger partial charge in [-0.05, 0) is 57.4 Å². The molecule has 5 rings (SSSR count). The van der Waals surface area contributed by atoms with Gasteiger partial charge in [0, 0.05) is 11.3 Å². The molecule has 0 aliphatic carbocycles. The first-order valence-corrected chi connectivity index (χ1v) is 12.3. The molecule has 0 radical (unpaired) electrons. The molecule has 8 nitrogen and oxygen atoms in total. The van der Waals surface area contributed by atoms with Crippen molar-refractivity contribution in [3.63, 3.8) is 0 Å². The van der Waals surface area contributed by atoms with Gasteiger partial charge in [0.05, 0.1) is 16.6 Å². The zero-order valence-electron chi connectivity index (χ0n) is 20.7. The molecule has 0 saturated carbocycles. The molecule has 0 aliphatic heterocycles. The van der Waals surface area contributed by atoms with Crippen LogP contribution in [0.15, 0.2) is 52.0 Å². The summed E-state index contributed by atoms with van der Waals surface area (Å²) in [5.41, 5.74) is 6.22. The van der Waals surface area contributed by atoms with Crippen LogP contribution >= 0.6 is 11.3 Å². The molecule has 5 aromatic rings. The van der Waals surface area contributed by atoms with Crippen LogP contribution in [0.5, 0.6) is 0 Å². The van der Waals surface area contributed by atoms with Gasteiger partial charge in [-0.3, -0.25) is 14.2 Å². The lowest BCUT2D eigenvalue weighted by molar-refractivity contribution is -0.116. The standard InChI is InChI=1S/C27H25N5O3S/c1-14-7-6-8-19(11-14)24-30-25(35-31-24)23-18(5)21-26(36-23)28-13-32(27(21)34)12-20(33)29-22-16(3)9-15(2)10-17(22)4/h6-11,13H,12H2,1-5H3,(H,29,33). The van der Waals surface area contributed by atoms with Crippen molar-refractivity contribution in [3.05, 3.63) is 80.9 Å². The van der Waals surface area contributed by atoms with Gasteiger partial charge in [-0.1, -0.05) is 46.6 Å². The minimum atomic E-state index is -0.291. The lowest BCUT2D eigenvalue weighted by Gasteiger charge is -2.13. The summed E-state index contributed by atoms with van der Waals surface area (Å²) in [7, 11) is 0. The first-order valence-electron chi connectivity index (χ1n) is 11.5. The fourth-order valence-electron chi connectivity index (χ4n) is 4.40. The fourth-order valence-corrected chi connectivity index (χ4v) is 5.46. The van der Waals surface area contributed by atoms with Gasteiger partial charge in [0.1, 0.15) is 11.4 Å². The third kappa shape index (κ3) is 4.33. The van der Waals surface area contributed by atoms with Crippen molar-refractivity contribution >= 4 is 33.1 Å². The molecule has 9 heteroatoms. The number of thiophene rings is 1. The van der Waals surface area contributed by atoms with Crippen LogP contribution in [-0.2, 0) is 11.3 Å². The molecule has 0 aliphatic rings. The lowest BCUT2D eigenvalue weighted by Crippen LogP contribution is -2.28. The lowest BCUT2D eigenvalue weighted by atomic mass is 10.1. The van der Waals surface area contributed by atoms with Gasteiger partial charge in [0.25, 0.3) is 11.4 Å². The largest absolute Gasteiger partial charge is 0.333 e. The number of aromatic nitrogens is 4. The van der Waals surface area contributed by atoms with E-state index in [0.29, 0.717) is 32.4 Å². The number of anilines is 1. The zero-order chi connectivity index (χ0) is 25.6. The minimum absolute atomic E-state index is 0.142. The summed E-state index contributed by atoms with van der Waals surface area (Å²) in [6.07, 6.45) is 1.41. The third-order valence-corrected chi connectivity index (χ3v) is 7.26. The van der Waals surface area contributed by atoms with Crippen LogP contribution in [0.25, 0.3) is 32.4 Å². The summed E-state index contributed by atoms with van der Waals surface area (Å²) in [5, 5.41) is 7.51. The molecule has 0 fully saturated rings. The van der Waals surface area contributed by atoms with E-state index >= 15 is 0 Å². The van der Waals surface area contributed by atoms with Crippen molar-refractivity contribution < 1.29 is 9.32 Å². The van der Waals surface area contributed by atoms with Gasteiger partial charge < -0.3 is 9.84 Å². The Kier molecular flexibility index (Phi) is 6.01. The summed E-state index contributed by atoms with van der Waals surface area (Å²) < 4.78 is 6.86. The van der Waals surface area contributed by atoms with Crippen molar-refractivity contribution in [2.45, 2.75) is 41.2 Å². The van der Waals surface area contributed by atoms with E-state index in [1.807, 2.05) is 71.0 Å². The van der Waals surface area contributed by atoms with E-state index in [-0.39, 0.29) is 18.0 Å². The van der Waals surface area contributed by atoms with Crippen LogP contribution in [0.1, 0.15) is 27.8 Å². The molecular formula is C27H25N5O3S. The van der Waals surface area contributed by atoms with Crippen LogP contribution in [0.4, 0.5) is 5.69 Å². The molecule has 36 heavy (non-hydrogen) atoms. The number of carbonyl (C=O) groups is 1. The number of amides is 1. The molecule has 2 aromatic carbocycles. The topological polar surface area (TPSA) is 103 Å². The Morgan fingerprint density at radius 1 is 1.06 bits per heavy atom. The van der Waals surface area contributed by atoms with Crippen molar-refractivity contribution in [1.82, 2.24) is 19.7 Å². The Bertz CT molecular complexity index is 1670. The van der Waals surface area contributed by atoms with E-state index in [1.165, 1.54) is 22.2 Å². The molecule has 0 spiro atoms. The number of hydrogen-bond acceptors (Lipinski definition) is 7. The number of hydrogen-bond donors (Lipinski definition) is 1. The average Bonchev–Trinajstić information content (AvgIpc) is 3.43. The number of rotatable bonds is 5. The van der Waals surface area contributed by atoms with Gasteiger partial charge in [0.2, 0.25) is 11.7 Å². The molecular weight excluding hydrogens is 474 g/mol. The maximum absolute atomic E-state index is 13.3. The van der Waals surface area contributed by atoms with Crippen LogP contribution in [0.2, 0.25) is 0 Å². The quantitative estimate of drug-likeness (QED) is 0.349. The van der Waals surface area contributed by atoms with Crippen LogP contribution in [0.3, 0.4) is 0 Å². The minimum Gasteiger partial charge on any atom is -0.333 e. The van der Waals surface area contributed by atoms with Gasteiger partial charge in [-0.2, -0.15) is 4.98 Å². The Morgan fingerprint density at radius 3 is 2.53 bits per heavy atom. The molecule has 0 atom stereocenters. The second-order valence-electron chi connectivity index (χ2n) is 9.03. The van der Waals surface area contributed by atoms with E-state index in [9.17, 15) is 9.59 Å². The summed E-state index contributed by atoms with van der Waals surface area (Å²) in [4.78, 5) is 36.4. The molecule has 0 saturated heterocycles. The van der Waals surface area contributed by atoms with E-state index in [4.69, 9.17) is 4.52 Å². The maximum Gasteiger partial charge on any atom is 0.268 e. The first-order chi connectivity index (χ1) is 17.2. The Hall–Kier alpha value is -4.11. The molecule has 182 valence electrons. The normalized spacial score (nSPS) is 11.2. The molecule has 1 amide bonds. The van der Waals surface area contributed by atoms with Crippen LogP contribution < -0.4 is 10.9 Å². The summed E-state index contributed by atoms with van der Waals surface area (Å²) >= 11 is 1.32. The molecule has 3 aromatic heterocycles. The van der Waals surface area contributed by atoms with Gasteiger partial charge in [-0.15, -0.1) is 11.3 Å². The van der Waals surface area contributed by atoms with Crippen LogP contribution in [0, 0.1) is 34.6 Å². The maximum atomic E-state index is 13.3. The molecule has 0 unspecified atom stereocenters. The van der Waals surface area contributed by atoms with Crippen molar-refractivity contribution in [2.24, 2.45) is 0 Å².